The third kappa shape index (κ3) is 7.14. The molecule has 0 radical (unpaired) electrons. The average Bonchev–Trinajstić information content (AvgIpc) is 2.99. The Morgan fingerprint density at radius 2 is 1.59 bits per heavy atom. The predicted octanol–water partition coefficient (Wildman–Crippen LogP) is 9.15. The fraction of sp³-hybridized carbons (Fsp3) is 0.412. The zero-order valence-corrected chi connectivity index (χ0v) is 25.7. The molecular weight excluding hydrogens is 555 g/mol. The summed E-state index contributed by atoms with van der Waals surface area (Å²) in [6, 6.07) is 21.3. The molecule has 2 atom stereocenters. The number of carbonyl (C=O) groups is 2. The van der Waals surface area contributed by atoms with Crippen LogP contribution in [0.2, 0.25) is 10.0 Å². The van der Waals surface area contributed by atoms with Crippen LogP contribution in [-0.2, 0) is 9.53 Å². The van der Waals surface area contributed by atoms with Crippen molar-refractivity contribution in [2.24, 2.45) is 0 Å². The first kappa shape index (κ1) is 31.1. The van der Waals surface area contributed by atoms with Crippen LogP contribution in [0.1, 0.15) is 98.8 Å². The fourth-order valence-electron chi connectivity index (χ4n) is 6.11. The molecule has 0 aromatic heterocycles. The first-order chi connectivity index (χ1) is 19.8. The maximum atomic E-state index is 13.0. The number of rotatable bonds is 12. The normalized spacial score (nSPS) is 16.0. The van der Waals surface area contributed by atoms with Gasteiger partial charge in [-0.3, -0.25) is 10.1 Å². The molecule has 1 aliphatic carbocycles. The molecule has 1 amide bonds. The molecule has 1 saturated carbocycles. The minimum absolute atomic E-state index is 0.000146. The maximum absolute atomic E-state index is 13.0. The van der Waals surface area contributed by atoms with E-state index in [9.17, 15) is 9.59 Å². The van der Waals surface area contributed by atoms with Crippen molar-refractivity contribution in [3.8, 4) is 11.1 Å². The smallest absolute Gasteiger partial charge is 0.337 e. The Labute approximate surface area is 254 Å². The summed E-state index contributed by atoms with van der Waals surface area (Å²) in [7, 11) is 1.38. The number of hydrogen-bond donors (Lipinski definition) is 1. The number of hydrogen-bond acceptors (Lipinski definition) is 4. The molecule has 1 N–H and O–H groups in total. The van der Waals surface area contributed by atoms with Crippen molar-refractivity contribution in [3.63, 3.8) is 0 Å². The first-order valence-corrected chi connectivity index (χ1v) is 15.3. The molecule has 41 heavy (non-hydrogen) atoms. The zero-order valence-electron chi connectivity index (χ0n) is 24.2. The lowest BCUT2D eigenvalue weighted by atomic mass is 9.84. The van der Waals surface area contributed by atoms with Crippen molar-refractivity contribution in [1.29, 1.82) is 0 Å². The second-order valence-corrected chi connectivity index (χ2v) is 11.8. The number of halogens is 2. The Morgan fingerprint density at radius 1 is 0.976 bits per heavy atom. The molecule has 1 fully saturated rings. The third-order valence-electron chi connectivity index (χ3n) is 8.32. The van der Waals surface area contributed by atoms with Crippen LogP contribution in [0.25, 0.3) is 11.1 Å². The van der Waals surface area contributed by atoms with E-state index in [0.717, 1.165) is 80.0 Å². The van der Waals surface area contributed by atoms with Crippen molar-refractivity contribution >= 4 is 35.6 Å². The second kappa shape index (κ2) is 14.4. The maximum Gasteiger partial charge on any atom is 0.337 e. The van der Waals surface area contributed by atoms with Gasteiger partial charge in [0, 0.05) is 21.7 Å². The van der Waals surface area contributed by atoms with Gasteiger partial charge < -0.3 is 9.64 Å². The predicted molar refractivity (Wildman–Crippen MR) is 167 cm³/mol. The SMILES string of the molecule is CCCCC(c1ccc(C(=O)OC)cc1)N(C=O)C1(NC(C)c2ccc(-c3c(Cl)cccc3Cl)cc2)CCCCC1. The van der Waals surface area contributed by atoms with E-state index in [-0.39, 0.29) is 18.1 Å². The number of amides is 1. The standard InChI is InChI=1S/C34H40Cl2N2O3/c1-4-5-12-31(26-15-19-28(20-16-26)33(40)41-3)38(23-39)34(21-7-6-8-22-34)37-24(2)25-13-17-27(18-14-25)32-29(35)10-9-11-30(32)36/h9-11,13-20,23-24,31,37H,4-8,12,21-22H2,1-3H3. The average molecular weight is 596 g/mol. The molecule has 7 heteroatoms. The molecule has 0 saturated heterocycles. The summed E-state index contributed by atoms with van der Waals surface area (Å²) in [6.45, 7) is 4.32. The van der Waals surface area contributed by atoms with Gasteiger partial charge in [-0.1, -0.05) is 91.9 Å². The quantitative estimate of drug-likeness (QED) is 0.129. The van der Waals surface area contributed by atoms with Crippen molar-refractivity contribution in [1.82, 2.24) is 10.2 Å². The molecule has 2 unspecified atom stereocenters. The highest BCUT2D eigenvalue weighted by Crippen LogP contribution is 2.40. The van der Waals surface area contributed by atoms with Crippen LogP contribution >= 0.6 is 23.2 Å². The Hall–Kier alpha value is -2.86. The monoisotopic (exact) mass is 594 g/mol. The van der Waals surface area contributed by atoms with E-state index >= 15 is 0 Å². The van der Waals surface area contributed by atoms with Crippen LogP contribution in [0.3, 0.4) is 0 Å². The van der Waals surface area contributed by atoms with Crippen LogP contribution in [0, 0.1) is 0 Å². The van der Waals surface area contributed by atoms with Gasteiger partial charge in [0.25, 0.3) is 0 Å². The van der Waals surface area contributed by atoms with Gasteiger partial charge in [-0.25, -0.2) is 4.79 Å². The topological polar surface area (TPSA) is 58.6 Å². The van der Waals surface area contributed by atoms with Crippen molar-refractivity contribution in [3.05, 3.63) is 93.5 Å². The van der Waals surface area contributed by atoms with Crippen LogP contribution < -0.4 is 5.32 Å². The van der Waals surface area contributed by atoms with Crippen LogP contribution in [-0.4, -0.2) is 30.1 Å². The summed E-state index contributed by atoms with van der Waals surface area (Å²) in [5.74, 6) is -0.365. The molecule has 0 heterocycles. The van der Waals surface area contributed by atoms with Gasteiger partial charge in [-0.15, -0.1) is 0 Å². The van der Waals surface area contributed by atoms with Gasteiger partial charge in [0.05, 0.1) is 24.4 Å². The zero-order chi connectivity index (χ0) is 29.4. The molecule has 3 aromatic rings. The summed E-state index contributed by atoms with van der Waals surface area (Å²) in [6.07, 6.45) is 8.92. The Balaban J connectivity index is 1.63. The van der Waals surface area contributed by atoms with Crippen molar-refractivity contribution in [2.75, 3.05) is 7.11 Å². The van der Waals surface area contributed by atoms with E-state index in [2.05, 4.69) is 43.4 Å². The van der Waals surface area contributed by atoms with E-state index in [4.69, 9.17) is 27.9 Å². The lowest BCUT2D eigenvalue weighted by Crippen LogP contribution is -2.60. The summed E-state index contributed by atoms with van der Waals surface area (Å²) in [5.41, 5.74) is 3.97. The van der Waals surface area contributed by atoms with E-state index in [1.54, 1.807) is 12.1 Å². The van der Waals surface area contributed by atoms with Gasteiger partial charge in [0.2, 0.25) is 6.41 Å². The van der Waals surface area contributed by atoms with E-state index in [1.807, 2.05) is 35.2 Å². The van der Waals surface area contributed by atoms with Gasteiger partial charge in [-0.05, 0) is 80.0 Å². The van der Waals surface area contributed by atoms with Gasteiger partial charge in [0.1, 0.15) is 0 Å². The third-order valence-corrected chi connectivity index (χ3v) is 8.95. The van der Waals surface area contributed by atoms with Gasteiger partial charge in [0.15, 0.2) is 0 Å². The summed E-state index contributed by atoms with van der Waals surface area (Å²) >= 11 is 12.9. The molecule has 0 spiro atoms. The number of methoxy groups -OCH3 is 1. The molecule has 0 aliphatic heterocycles. The number of unbranched alkanes of at least 4 members (excludes halogenated alkanes) is 1. The number of nitrogens with one attached hydrogen (secondary N) is 1. The van der Waals surface area contributed by atoms with Crippen LogP contribution in [0.4, 0.5) is 0 Å². The summed E-state index contributed by atoms with van der Waals surface area (Å²) in [5, 5.41) is 5.16. The summed E-state index contributed by atoms with van der Waals surface area (Å²) in [4.78, 5) is 27.0. The molecule has 5 nitrogen and oxygen atoms in total. The number of benzene rings is 3. The molecule has 4 rings (SSSR count). The Bertz CT molecular complexity index is 1280. The minimum Gasteiger partial charge on any atom is -0.465 e. The number of nitrogens with zero attached hydrogens (tertiary/aromatic N) is 1. The number of esters is 1. The van der Waals surface area contributed by atoms with E-state index in [0.29, 0.717) is 15.6 Å². The molecular formula is C34H40Cl2N2O3. The van der Waals surface area contributed by atoms with Crippen LogP contribution in [0.5, 0.6) is 0 Å². The minimum atomic E-state index is -0.483. The van der Waals surface area contributed by atoms with Gasteiger partial charge >= 0.3 is 5.97 Å². The van der Waals surface area contributed by atoms with E-state index in [1.165, 1.54) is 7.11 Å². The highest BCUT2D eigenvalue weighted by molar-refractivity contribution is 6.39. The lowest BCUT2D eigenvalue weighted by molar-refractivity contribution is -0.132. The summed E-state index contributed by atoms with van der Waals surface area (Å²) < 4.78 is 4.88. The highest BCUT2D eigenvalue weighted by atomic mass is 35.5. The largest absolute Gasteiger partial charge is 0.465 e. The number of ether oxygens (including phenoxy) is 1. The molecule has 3 aromatic carbocycles. The van der Waals surface area contributed by atoms with Crippen molar-refractivity contribution < 1.29 is 14.3 Å². The fourth-order valence-corrected chi connectivity index (χ4v) is 6.72. The molecule has 0 bridgehead atoms. The number of carbonyl (C=O) groups excluding carboxylic acids is 2. The second-order valence-electron chi connectivity index (χ2n) is 11.0. The highest BCUT2D eigenvalue weighted by Gasteiger charge is 2.42. The lowest BCUT2D eigenvalue weighted by Gasteiger charge is -2.50. The molecule has 218 valence electrons. The molecule has 1 aliphatic rings. The van der Waals surface area contributed by atoms with Gasteiger partial charge in [-0.2, -0.15) is 0 Å². The first-order valence-electron chi connectivity index (χ1n) is 14.6. The Morgan fingerprint density at radius 3 is 2.15 bits per heavy atom. The Kier molecular flexibility index (Phi) is 10.9. The van der Waals surface area contributed by atoms with Crippen molar-refractivity contribution in [2.45, 2.75) is 83.0 Å². The van der Waals surface area contributed by atoms with Crippen LogP contribution in [0.15, 0.2) is 66.7 Å². The van der Waals surface area contributed by atoms with E-state index < -0.39 is 5.66 Å².